The number of nitrogens with zero attached hydrogens (tertiary/aromatic N) is 1. The number of carboxylic acid groups (broad SMARTS) is 1. The van der Waals surface area contributed by atoms with Crippen LogP contribution in [0.25, 0.3) is 0 Å². The van der Waals surface area contributed by atoms with Crippen LogP contribution in [-0.2, 0) is 11.3 Å². The molecule has 0 spiro atoms. The predicted molar refractivity (Wildman–Crippen MR) is 77.2 cm³/mol. The van der Waals surface area contributed by atoms with E-state index >= 15 is 0 Å². The largest absolute Gasteiger partial charge is 0.480 e. The second-order valence-corrected chi connectivity index (χ2v) is 6.27. The van der Waals surface area contributed by atoms with Gasteiger partial charge >= 0.3 is 5.97 Å². The fraction of sp³-hybridized carbons (Fsp3) is 0.562. The van der Waals surface area contributed by atoms with Gasteiger partial charge in [0.2, 0.25) is 0 Å². The third-order valence-electron chi connectivity index (χ3n) is 4.85. The van der Waals surface area contributed by atoms with Crippen LogP contribution in [0.15, 0.2) is 30.3 Å². The number of fused-ring (bicyclic) bond motifs is 2. The maximum atomic E-state index is 11.4. The molecule has 2 aliphatic rings. The van der Waals surface area contributed by atoms with Crippen molar-refractivity contribution in [3.63, 3.8) is 0 Å². The molecule has 0 aromatic heterocycles. The van der Waals surface area contributed by atoms with Gasteiger partial charge in [-0.1, -0.05) is 36.8 Å². The van der Waals surface area contributed by atoms with Gasteiger partial charge in [-0.15, -0.1) is 0 Å². The van der Waals surface area contributed by atoms with Crippen molar-refractivity contribution in [3.8, 4) is 0 Å². The molecule has 2 atom stereocenters. The van der Waals surface area contributed by atoms with Gasteiger partial charge in [-0.2, -0.15) is 0 Å². The normalized spacial score (nSPS) is 33.9. The van der Waals surface area contributed by atoms with Crippen LogP contribution in [-0.4, -0.2) is 33.6 Å². The zero-order valence-electron chi connectivity index (χ0n) is 11.7. The minimum atomic E-state index is -1.02. The Kier molecular flexibility index (Phi) is 3.52. The molecule has 3 rings (SSSR count). The number of aliphatic carboxylic acids is 1. The van der Waals surface area contributed by atoms with Gasteiger partial charge in [-0.25, -0.2) is 0 Å². The highest BCUT2D eigenvalue weighted by Gasteiger charge is 2.48. The number of carboxylic acids is 1. The van der Waals surface area contributed by atoms with Crippen LogP contribution in [0.2, 0.25) is 0 Å². The lowest BCUT2D eigenvalue weighted by atomic mass is 9.74. The zero-order valence-corrected chi connectivity index (χ0v) is 11.7. The summed E-state index contributed by atoms with van der Waals surface area (Å²) in [5.41, 5.74) is 6.39. The molecule has 4 nitrogen and oxygen atoms in total. The van der Waals surface area contributed by atoms with Crippen molar-refractivity contribution in [1.29, 1.82) is 0 Å². The Bertz CT molecular complexity index is 475. The number of rotatable bonds is 3. The van der Waals surface area contributed by atoms with Gasteiger partial charge in [0.15, 0.2) is 0 Å². The van der Waals surface area contributed by atoms with E-state index in [9.17, 15) is 9.90 Å². The third kappa shape index (κ3) is 2.45. The first-order chi connectivity index (χ1) is 9.58. The molecule has 2 unspecified atom stereocenters. The van der Waals surface area contributed by atoms with Gasteiger partial charge < -0.3 is 10.8 Å². The first-order valence-corrected chi connectivity index (χ1v) is 7.40. The molecule has 2 aliphatic heterocycles. The lowest BCUT2D eigenvalue weighted by molar-refractivity contribution is -0.148. The summed E-state index contributed by atoms with van der Waals surface area (Å²) < 4.78 is 0. The lowest BCUT2D eigenvalue weighted by Gasteiger charge is -2.51. The van der Waals surface area contributed by atoms with Crippen LogP contribution in [0, 0.1) is 0 Å². The van der Waals surface area contributed by atoms with Crippen LogP contribution in [0.3, 0.4) is 0 Å². The summed E-state index contributed by atoms with van der Waals surface area (Å²) in [4.78, 5) is 13.9. The van der Waals surface area contributed by atoms with Gasteiger partial charge in [-0.3, -0.25) is 9.69 Å². The van der Waals surface area contributed by atoms with Crippen molar-refractivity contribution in [3.05, 3.63) is 35.9 Å². The van der Waals surface area contributed by atoms with Crippen LogP contribution in [0.5, 0.6) is 0 Å². The lowest BCUT2D eigenvalue weighted by Crippen LogP contribution is -2.63. The fourth-order valence-electron chi connectivity index (χ4n) is 3.81. The van der Waals surface area contributed by atoms with E-state index in [2.05, 4.69) is 29.2 Å². The Morgan fingerprint density at radius 3 is 2.40 bits per heavy atom. The maximum absolute atomic E-state index is 11.4. The summed E-state index contributed by atoms with van der Waals surface area (Å²) in [7, 11) is 0. The van der Waals surface area contributed by atoms with E-state index in [1.807, 2.05) is 6.07 Å². The Labute approximate surface area is 119 Å². The topological polar surface area (TPSA) is 66.6 Å². The summed E-state index contributed by atoms with van der Waals surface area (Å²) in [6.45, 7) is 0.909. The highest BCUT2D eigenvalue weighted by Crippen LogP contribution is 2.39. The van der Waals surface area contributed by atoms with E-state index in [-0.39, 0.29) is 0 Å². The molecule has 2 saturated heterocycles. The van der Waals surface area contributed by atoms with Crippen LogP contribution in [0.1, 0.15) is 37.7 Å². The van der Waals surface area contributed by atoms with E-state index in [0.29, 0.717) is 24.9 Å². The molecule has 4 heteroatoms. The van der Waals surface area contributed by atoms with Crippen LogP contribution in [0.4, 0.5) is 0 Å². The number of benzene rings is 1. The first kappa shape index (κ1) is 13.6. The van der Waals surface area contributed by atoms with E-state index in [1.165, 1.54) is 12.0 Å². The second kappa shape index (κ2) is 5.19. The minimum Gasteiger partial charge on any atom is -0.480 e. The molecule has 20 heavy (non-hydrogen) atoms. The van der Waals surface area contributed by atoms with Crippen molar-refractivity contribution in [2.24, 2.45) is 5.73 Å². The molecule has 0 saturated carbocycles. The molecule has 108 valence electrons. The summed E-state index contributed by atoms with van der Waals surface area (Å²) in [6, 6.07) is 11.0. The van der Waals surface area contributed by atoms with Gasteiger partial charge in [0.25, 0.3) is 0 Å². The molecular formula is C16H22N2O2. The molecule has 1 aromatic rings. The highest BCUT2D eigenvalue weighted by atomic mass is 16.4. The Morgan fingerprint density at radius 1 is 1.25 bits per heavy atom. The molecule has 1 aromatic carbocycles. The SMILES string of the molecule is NC1(C(=O)O)CC2CCCC(C1)N2Cc1ccccc1. The third-order valence-corrected chi connectivity index (χ3v) is 4.85. The van der Waals surface area contributed by atoms with Crippen molar-refractivity contribution in [2.75, 3.05) is 0 Å². The standard InChI is InChI=1S/C16H22N2O2/c17-16(15(19)20)9-13-7-4-8-14(10-16)18(13)11-12-5-2-1-3-6-12/h1-3,5-6,13-14H,4,7-11,17H2,(H,19,20). The minimum absolute atomic E-state index is 0.309. The van der Waals surface area contributed by atoms with Crippen molar-refractivity contribution in [1.82, 2.24) is 4.90 Å². The molecule has 3 N–H and O–H groups in total. The van der Waals surface area contributed by atoms with E-state index < -0.39 is 11.5 Å². The first-order valence-electron chi connectivity index (χ1n) is 7.40. The van der Waals surface area contributed by atoms with Gasteiger partial charge in [0.05, 0.1) is 0 Å². The van der Waals surface area contributed by atoms with Gasteiger partial charge in [-0.05, 0) is 31.2 Å². The van der Waals surface area contributed by atoms with Gasteiger partial charge in [0.1, 0.15) is 5.54 Å². The molecule has 0 amide bonds. The smallest absolute Gasteiger partial charge is 0.323 e. The maximum Gasteiger partial charge on any atom is 0.323 e. The molecule has 2 bridgehead atoms. The fourth-order valence-corrected chi connectivity index (χ4v) is 3.81. The van der Waals surface area contributed by atoms with Crippen molar-refractivity contribution >= 4 is 5.97 Å². The highest BCUT2D eigenvalue weighted by molar-refractivity contribution is 5.78. The summed E-state index contributed by atoms with van der Waals surface area (Å²) in [5, 5.41) is 9.39. The predicted octanol–water partition coefficient (Wildman–Crippen LogP) is 1.99. The van der Waals surface area contributed by atoms with Gasteiger partial charge in [0, 0.05) is 18.6 Å². The van der Waals surface area contributed by atoms with E-state index in [0.717, 1.165) is 19.4 Å². The molecule has 0 radical (unpaired) electrons. The average molecular weight is 274 g/mol. The number of piperidine rings is 2. The Balaban J connectivity index is 1.79. The monoisotopic (exact) mass is 274 g/mol. The van der Waals surface area contributed by atoms with E-state index in [1.54, 1.807) is 0 Å². The molecular weight excluding hydrogens is 252 g/mol. The molecule has 2 heterocycles. The molecule has 0 aliphatic carbocycles. The van der Waals surface area contributed by atoms with Crippen molar-refractivity contribution in [2.45, 2.75) is 56.3 Å². The summed E-state index contributed by atoms with van der Waals surface area (Å²) in [5.74, 6) is -0.839. The van der Waals surface area contributed by atoms with Crippen LogP contribution >= 0.6 is 0 Å². The summed E-state index contributed by atoms with van der Waals surface area (Å²) >= 11 is 0. The quantitative estimate of drug-likeness (QED) is 0.884. The second-order valence-electron chi connectivity index (χ2n) is 6.27. The number of hydrogen-bond donors (Lipinski definition) is 2. The van der Waals surface area contributed by atoms with Crippen LogP contribution < -0.4 is 5.73 Å². The zero-order chi connectivity index (χ0) is 14.2. The number of carbonyl (C=O) groups is 1. The number of hydrogen-bond acceptors (Lipinski definition) is 3. The number of nitrogens with two attached hydrogens (primary N) is 1. The Hall–Kier alpha value is -1.39. The summed E-state index contributed by atoms with van der Waals surface area (Å²) in [6.07, 6.45) is 4.47. The average Bonchev–Trinajstić information content (AvgIpc) is 2.41. The molecule has 2 fully saturated rings. The van der Waals surface area contributed by atoms with E-state index in [4.69, 9.17) is 5.73 Å². The van der Waals surface area contributed by atoms with Crippen molar-refractivity contribution < 1.29 is 9.90 Å². The Morgan fingerprint density at radius 2 is 1.85 bits per heavy atom.